The third-order valence-corrected chi connectivity index (χ3v) is 5.81. The number of hydrogen-bond acceptors (Lipinski definition) is 4. The minimum Gasteiger partial charge on any atom is -0.349 e. The van der Waals surface area contributed by atoms with Crippen molar-refractivity contribution in [2.75, 3.05) is 5.32 Å². The SMILES string of the molecule is C[C@H](C(=O)Nc1sc2c(c1C(=O)NC1CC1)CCC2)n1cccn1. The molecule has 2 aliphatic rings. The molecule has 0 aliphatic heterocycles. The molecule has 1 saturated carbocycles. The van der Waals surface area contributed by atoms with Gasteiger partial charge in [0.15, 0.2) is 0 Å². The van der Waals surface area contributed by atoms with Gasteiger partial charge in [0.25, 0.3) is 5.91 Å². The molecule has 2 aromatic rings. The third kappa shape index (κ3) is 2.84. The molecule has 0 spiro atoms. The number of amides is 2. The Bertz CT molecular complexity index is 777. The Labute approximate surface area is 144 Å². The van der Waals surface area contributed by atoms with Gasteiger partial charge in [0.2, 0.25) is 5.91 Å². The van der Waals surface area contributed by atoms with Gasteiger partial charge in [-0.3, -0.25) is 14.3 Å². The summed E-state index contributed by atoms with van der Waals surface area (Å²) < 4.78 is 1.61. The molecule has 126 valence electrons. The molecular weight excluding hydrogens is 324 g/mol. The molecule has 2 N–H and O–H groups in total. The summed E-state index contributed by atoms with van der Waals surface area (Å²) in [5.74, 6) is -0.196. The second-order valence-corrected chi connectivity index (χ2v) is 7.57. The van der Waals surface area contributed by atoms with Crippen molar-refractivity contribution in [2.45, 2.75) is 51.1 Å². The first kappa shape index (κ1) is 15.4. The topological polar surface area (TPSA) is 76.0 Å². The Hall–Kier alpha value is -2.15. The summed E-state index contributed by atoms with van der Waals surface area (Å²) in [7, 11) is 0. The Morgan fingerprint density at radius 1 is 1.38 bits per heavy atom. The number of fused-ring (bicyclic) bond motifs is 1. The van der Waals surface area contributed by atoms with Gasteiger partial charge >= 0.3 is 0 Å². The lowest BCUT2D eigenvalue weighted by Gasteiger charge is -2.13. The molecule has 2 aromatic heterocycles. The number of rotatable bonds is 5. The van der Waals surface area contributed by atoms with E-state index in [1.807, 2.05) is 0 Å². The summed E-state index contributed by atoms with van der Waals surface area (Å²) in [6, 6.07) is 1.68. The number of carbonyl (C=O) groups excluding carboxylic acids is 2. The Morgan fingerprint density at radius 2 is 2.21 bits per heavy atom. The van der Waals surface area contributed by atoms with E-state index < -0.39 is 6.04 Å². The molecule has 7 heteroatoms. The number of anilines is 1. The van der Waals surface area contributed by atoms with Crippen molar-refractivity contribution in [1.82, 2.24) is 15.1 Å². The number of aromatic nitrogens is 2. The van der Waals surface area contributed by atoms with E-state index in [1.165, 1.54) is 4.88 Å². The second kappa shape index (κ2) is 6.05. The molecule has 0 radical (unpaired) electrons. The fourth-order valence-electron chi connectivity index (χ4n) is 3.06. The Morgan fingerprint density at radius 3 is 2.92 bits per heavy atom. The van der Waals surface area contributed by atoms with Crippen molar-refractivity contribution in [2.24, 2.45) is 0 Å². The zero-order valence-corrected chi connectivity index (χ0v) is 14.4. The van der Waals surface area contributed by atoms with Crippen LogP contribution >= 0.6 is 11.3 Å². The van der Waals surface area contributed by atoms with Crippen LogP contribution in [0.5, 0.6) is 0 Å². The summed E-state index contributed by atoms with van der Waals surface area (Å²) in [5.41, 5.74) is 1.81. The maximum atomic E-state index is 12.6. The molecule has 2 aliphatic carbocycles. The first-order valence-corrected chi connectivity index (χ1v) is 9.20. The highest BCUT2D eigenvalue weighted by atomic mass is 32.1. The molecule has 2 heterocycles. The van der Waals surface area contributed by atoms with Gasteiger partial charge in [-0.2, -0.15) is 5.10 Å². The highest BCUT2D eigenvalue weighted by molar-refractivity contribution is 7.17. The lowest BCUT2D eigenvalue weighted by atomic mass is 10.1. The van der Waals surface area contributed by atoms with Crippen molar-refractivity contribution < 1.29 is 9.59 Å². The summed E-state index contributed by atoms with van der Waals surface area (Å²) >= 11 is 1.54. The lowest BCUT2D eigenvalue weighted by Crippen LogP contribution is -2.28. The molecule has 0 bridgehead atoms. The zero-order chi connectivity index (χ0) is 16.7. The molecule has 1 atom stereocenters. The fraction of sp³-hybridized carbons (Fsp3) is 0.471. The van der Waals surface area contributed by atoms with Crippen molar-refractivity contribution >= 4 is 28.2 Å². The fourth-order valence-corrected chi connectivity index (χ4v) is 4.35. The highest BCUT2D eigenvalue weighted by Gasteiger charge is 2.31. The summed E-state index contributed by atoms with van der Waals surface area (Å²) in [5, 5.41) is 10.8. The normalized spacial score (nSPS) is 17.4. The van der Waals surface area contributed by atoms with Crippen molar-refractivity contribution in [3.63, 3.8) is 0 Å². The quantitative estimate of drug-likeness (QED) is 0.875. The van der Waals surface area contributed by atoms with Crippen LogP contribution in [0.4, 0.5) is 5.00 Å². The number of hydrogen-bond donors (Lipinski definition) is 2. The monoisotopic (exact) mass is 344 g/mol. The van der Waals surface area contributed by atoms with Gasteiger partial charge in [-0.05, 0) is 50.7 Å². The number of nitrogens with one attached hydrogen (secondary N) is 2. The molecule has 6 nitrogen and oxygen atoms in total. The van der Waals surface area contributed by atoms with Crippen LogP contribution in [-0.2, 0) is 17.6 Å². The van der Waals surface area contributed by atoms with Crippen molar-refractivity contribution in [1.29, 1.82) is 0 Å². The molecular formula is C17H20N4O2S. The average molecular weight is 344 g/mol. The van der Waals surface area contributed by atoms with Gasteiger partial charge in [-0.1, -0.05) is 0 Å². The summed E-state index contributed by atoms with van der Waals surface area (Å²) in [6.45, 7) is 1.80. The molecule has 0 unspecified atom stereocenters. The molecule has 0 aromatic carbocycles. The second-order valence-electron chi connectivity index (χ2n) is 6.46. The van der Waals surface area contributed by atoms with Crippen LogP contribution in [0.2, 0.25) is 0 Å². The average Bonchev–Trinajstić information content (AvgIpc) is 2.96. The maximum absolute atomic E-state index is 12.6. The molecule has 24 heavy (non-hydrogen) atoms. The van der Waals surface area contributed by atoms with Crippen molar-refractivity contribution in [3.8, 4) is 0 Å². The molecule has 4 rings (SSSR count). The van der Waals surface area contributed by atoms with Gasteiger partial charge in [-0.25, -0.2) is 0 Å². The van der Waals surface area contributed by atoms with E-state index in [-0.39, 0.29) is 11.8 Å². The number of aryl methyl sites for hydroxylation is 1. The van der Waals surface area contributed by atoms with Crippen molar-refractivity contribution in [3.05, 3.63) is 34.5 Å². The van der Waals surface area contributed by atoms with Gasteiger partial charge in [0.1, 0.15) is 11.0 Å². The number of nitrogens with zero attached hydrogens (tertiary/aromatic N) is 2. The Kier molecular flexibility index (Phi) is 3.88. The predicted octanol–water partition coefficient (Wildman–Crippen LogP) is 2.53. The van der Waals surface area contributed by atoms with Crippen LogP contribution in [0.3, 0.4) is 0 Å². The van der Waals surface area contributed by atoms with Gasteiger partial charge in [-0.15, -0.1) is 11.3 Å². The van der Waals surface area contributed by atoms with Crippen LogP contribution in [0.15, 0.2) is 18.5 Å². The maximum Gasteiger partial charge on any atom is 0.254 e. The minimum absolute atomic E-state index is 0.0426. The molecule has 2 amide bonds. The number of thiophene rings is 1. The predicted molar refractivity (Wildman–Crippen MR) is 92.4 cm³/mol. The van der Waals surface area contributed by atoms with E-state index in [4.69, 9.17) is 0 Å². The van der Waals surface area contributed by atoms with Gasteiger partial charge in [0, 0.05) is 23.3 Å². The minimum atomic E-state index is -0.420. The third-order valence-electron chi connectivity index (χ3n) is 4.60. The molecule has 0 saturated heterocycles. The molecule has 1 fully saturated rings. The standard InChI is InChI=1S/C17H20N4O2S/c1-10(21-9-3-8-18-21)15(22)20-17-14(16(23)19-11-6-7-11)12-4-2-5-13(12)24-17/h3,8-11H,2,4-7H2,1H3,(H,19,23)(H,20,22)/t10-/m1/s1. The van der Waals surface area contributed by atoms with E-state index in [9.17, 15) is 9.59 Å². The van der Waals surface area contributed by atoms with E-state index in [2.05, 4.69) is 15.7 Å². The highest BCUT2D eigenvalue weighted by Crippen LogP contribution is 2.39. The largest absolute Gasteiger partial charge is 0.349 e. The summed E-state index contributed by atoms with van der Waals surface area (Å²) in [6.07, 6.45) is 8.52. The van der Waals surface area contributed by atoms with Gasteiger partial charge in [0.05, 0.1) is 5.56 Å². The number of carbonyl (C=O) groups is 2. The van der Waals surface area contributed by atoms with E-state index in [1.54, 1.807) is 41.4 Å². The van der Waals surface area contributed by atoms with E-state index >= 15 is 0 Å². The first-order chi connectivity index (χ1) is 11.6. The lowest BCUT2D eigenvalue weighted by molar-refractivity contribution is -0.119. The van der Waals surface area contributed by atoms with Crippen LogP contribution in [0.25, 0.3) is 0 Å². The van der Waals surface area contributed by atoms with Crippen LogP contribution < -0.4 is 10.6 Å². The smallest absolute Gasteiger partial charge is 0.254 e. The van der Waals surface area contributed by atoms with Crippen LogP contribution in [0.1, 0.15) is 53.0 Å². The van der Waals surface area contributed by atoms with E-state index in [0.717, 1.165) is 37.7 Å². The zero-order valence-electron chi connectivity index (χ0n) is 13.5. The van der Waals surface area contributed by atoms with Crippen LogP contribution in [-0.4, -0.2) is 27.6 Å². The first-order valence-electron chi connectivity index (χ1n) is 8.39. The Balaban J connectivity index is 1.58. The van der Waals surface area contributed by atoms with E-state index in [0.29, 0.717) is 16.6 Å². The van der Waals surface area contributed by atoms with Gasteiger partial charge < -0.3 is 10.6 Å². The summed E-state index contributed by atoms with van der Waals surface area (Å²) in [4.78, 5) is 26.4. The van der Waals surface area contributed by atoms with Crippen LogP contribution in [0, 0.1) is 0 Å².